The quantitative estimate of drug-likeness (QED) is 0.899. The highest BCUT2D eigenvalue weighted by atomic mass is 16.4. The molecule has 2 aromatic heterocycles. The van der Waals surface area contributed by atoms with Gasteiger partial charge in [0.15, 0.2) is 5.56 Å². The van der Waals surface area contributed by atoms with Crippen LogP contribution in [0.3, 0.4) is 0 Å². The molecule has 1 N–H and O–H groups in total. The van der Waals surface area contributed by atoms with Gasteiger partial charge in [0, 0.05) is 19.5 Å². The number of hydrogen-bond acceptors (Lipinski definition) is 6. The van der Waals surface area contributed by atoms with E-state index in [4.69, 9.17) is 4.42 Å². The molecule has 0 fully saturated rings. The number of nitrogens with one attached hydrogen (secondary N) is 1. The number of aromatic nitrogens is 3. The molecule has 0 atom stereocenters. The molecule has 122 valence electrons. The van der Waals surface area contributed by atoms with Crippen LogP contribution >= 0.6 is 0 Å². The van der Waals surface area contributed by atoms with Crippen LogP contribution < -0.4 is 16.6 Å². The van der Waals surface area contributed by atoms with Crippen LogP contribution in [-0.4, -0.2) is 14.1 Å². The molecule has 23 heavy (non-hydrogen) atoms. The lowest BCUT2D eigenvalue weighted by Crippen LogP contribution is -2.39. The highest BCUT2D eigenvalue weighted by Gasteiger charge is 2.20. The zero-order valence-electron chi connectivity index (χ0n) is 13.8. The Kier molecular flexibility index (Phi) is 4.14. The molecule has 0 amide bonds. The molecule has 0 saturated heterocycles. The van der Waals surface area contributed by atoms with Crippen LogP contribution in [0.15, 0.2) is 20.2 Å². The smallest absolute Gasteiger partial charge is 0.332 e. The fourth-order valence-corrected chi connectivity index (χ4v) is 2.05. The molecular formula is C15H19N5O3. The highest BCUT2D eigenvalue weighted by Crippen LogP contribution is 2.23. The van der Waals surface area contributed by atoms with Gasteiger partial charge in [-0.25, -0.2) is 9.78 Å². The Bertz CT molecular complexity index is 890. The zero-order valence-corrected chi connectivity index (χ0v) is 13.8. The summed E-state index contributed by atoms with van der Waals surface area (Å²) in [6.07, 6.45) is 1.64. The minimum atomic E-state index is -0.638. The predicted molar refractivity (Wildman–Crippen MR) is 84.2 cm³/mol. The van der Waals surface area contributed by atoms with Gasteiger partial charge in [-0.2, -0.15) is 5.26 Å². The third-order valence-corrected chi connectivity index (χ3v) is 3.48. The Morgan fingerprint density at radius 1 is 1.30 bits per heavy atom. The molecule has 2 heterocycles. The summed E-state index contributed by atoms with van der Waals surface area (Å²) < 4.78 is 7.75. The van der Waals surface area contributed by atoms with Gasteiger partial charge in [0.05, 0.1) is 12.7 Å². The second kappa shape index (κ2) is 5.76. The maximum Gasteiger partial charge on any atom is 0.332 e. The van der Waals surface area contributed by atoms with E-state index in [1.807, 2.05) is 26.8 Å². The Labute approximate surface area is 133 Å². The van der Waals surface area contributed by atoms with Gasteiger partial charge >= 0.3 is 5.69 Å². The molecule has 0 bridgehead atoms. The van der Waals surface area contributed by atoms with E-state index < -0.39 is 11.2 Å². The monoisotopic (exact) mass is 317 g/mol. The van der Waals surface area contributed by atoms with Crippen molar-refractivity contribution in [2.75, 3.05) is 5.32 Å². The number of rotatable bonds is 3. The average molecular weight is 317 g/mol. The molecule has 0 spiro atoms. The number of hydrogen-bond donors (Lipinski definition) is 1. The van der Waals surface area contributed by atoms with Gasteiger partial charge in [-0.3, -0.25) is 13.9 Å². The number of anilines is 1. The van der Waals surface area contributed by atoms with Gasteiger partial charge in [-0.15, -0.1) is 0 Å². The maximum absolute atomic E-state index is 12.0. The van der Waals surface area contributed by atoms with Crippen molar-refractivity contribution in [3.05, 3.63) is 44.2 Å². The molecule has 2 rings (SSSR count). The van der Waals surface area contributed by atoms with Gasteiger partial charge in [0.2, 0.25) is 5.89 Å². The highest BCUT2D eigenvalue weighted by molar-refractivity contribution is 5.51. The summed E-state index contributed by atoms with van der Waals surface area (Å²) in [6.45, 7) is 6.17. The first-order chi connectivity index (χ1) is 10.7. The first kappa shape index (κ1) is 16.5. The number of nitrogens with zero attached hydrogens (tertiary/aromatic N) is 4. The molecule has 8 heteroatoms. The van der Waals surface area contributed by atoms with Crippen molar-refractivity contribution in [3.8, 4) is 6.07 Å². The van der Waals surface area contributed by atoms with E-state index in [0.29, 0.717) is 5.89 Å². The molecule has 2 aromatic rings. The van der Waals surface area contributed by atoms with Crippen molar-refractivity contribution in [2.24, 2.45) is 14.1 Å². The SMILES string of the molecule is Cn1c(NCc2ncc(C(C)(C)C)o2)c(C#N)c(=O)n(C)c1=O. The first-order valence-electron chi connectivity index (χ1n) is 7.06. The van der Waals surface area contributed by atoms with Gasteiger partial charge in [-0.05, 0) is 0 Å². The van der Waals surface area contributed by atoms with Crippen LogP contribution in [0.25, 0.3) is 0 Å². The Hall–Kier alpha value is -2.82. The summed E-state index contributed by atoms with van der Waals surface area (Å²) in [5.41, 5.74) is -1.45. The molecule has 0 aromatic carbocycles. The van der Waals surface area contributed by atoms with Crippen molar-refractivity contribution in [3.63, 3.8) is 0 Å². The Morgan fingerprint density at radius 3 is 2.48 bits per heavy atom. The van der Waals surface area contributed by atoms with E-state index in [9.17, 15) is 14.9 Å². The fourth-order valence-electron chi connectivity index (χ4n) is 2.05. The minimum Gasteiger partial charge on any atom is -0.443 e. The average Bonchev–Trinajstić information content (AvgIpc) is 2.96. The molecule has 0 aliphatic heterocycles. The van der Waals surface area contributed by atoms with Crippen LogP contribution in [-0.2, 0) is 26.1 Å². The van der Waals surface area contributed by atoms with Crippen LogP contribution in [0, 0.1) is 11.3 Å². The van der Waals surface area contributed by atoms with E-state index in [1.165, 1.54) is 18.7 Å². The molecule has 0 aliphatic carbocycles. The summed E-state index contributed by atoms with van der Waals surface area (Å²) >= 11 is 0. The second-order valence-electron chi connectivity index (χ2n) is 6.26. The van der Waals surface area contributed by atoms with E-state index >= 15 is 0 Å². The molecule has 0 saturated carbocycles. The third-order valence-electron chi connectivity index (χ3n) is 3.48. The van der Waals surface area contributed by atoms with Crippen LogP contribution in [0.5, 0.6) is 0 Å². The van der Waals surface area contributed by atoms with Crippen LogP contribution in [0.2, 0.25) is 0 Å². The number of oxazole rings is 1. The lowest BCUT2D eigenvalue weighted by Gasteiger charge is -2.14. The number of nitriles is 1. The summed E-state index contributed by atoms with van der Waals surface area (Å²) in [5.74, 6) is 1.29. The van der Waals surface area contributed by atoms with E-state index in [-0.39, 0.29) is 23.3 Å². The van der Waals surface area contributed by atoms with Crippen molar-refractivity contribution < 1.29 is 4.42 Å². The molecule has 0 aliphatic rings. The fraction of sp³-hybridized carbons (Fsp3) is 0.467. The predicted octanol–water partition coefficient (Wildman–Crippen LogP) is 0.853. The topological polar surface area (TPSA) is 106 Å². The Morgan fingerprint density at radius 2 is 1.96 bits per heavy atom. The summed E-state index contributed by atoms with van der Waals surface area (Å²) in [5, 5.41) is 12.1. The van der Waals surface area contributed by atoms with E-state index in [2.05, 4.69) is 10.3 Å². The third kappa shape index (κ3) is 3.04. The molecular weight excluding hydrogens is 298 g/mol. The Balaban J connectivity index is 2.35. The normalized spacial score (nSPS) is 11.3. The zero-order chi connectivity index (χ0) is 17.4. The minimum absolute atomic E-state index is 0.128. The van der Waals surface area contributed by atoms with E-state index in [0.717, 1.165) is 10.3 Å². The maximum atomic E-state index is 12.0. The van der Waals surface area contributed by atoms with Gasteiger partial charge in [-0.1, -0.05) is 20.8 Å². The van der Waals surface area contributed by atoms with Crippen molar-refractivity contribution in [1.29, 1.82) is 5.26 Å². The lowest BCUT2D eigenvalue weighted by atomic mass is 9.94. The molecule has 0 unspecified atom stereocenters. The van der Waals surface area contributed by atoms with Crippen molar-refractivity contribution in [1.82, 2.24) is 14.1 Å². The largest absolute Gasteiger partial charge is 0.443 e. The summed E-state index contributed by atoms with van der Waals surface area (Å²) in [6, 6.07) is 1.83. The van der Waals surface area contributed by atoms with Crippen LogP contribution in [0.4, 0.5) is 5.82 Å². The molecule has 8 nitrogen and oxygen atoms in total. The van der Waals surface area contributed by atoms with Crippen molar-refractivity contribution >= 4 is 5.82 Å². The van der Waals surface area contributed by atoms with Crippen molar-refractivity contribution in [2.45, 2.75) is 32.7 Å². The van der Waals surface area contributed by atoms with Gasteiger partial charge in [0.25, 0.3) is 5.56 Å². The second-order valence-corrected chi connectivity index (χ2v) is 6.26. The van der Waals surface area contributed by atoms with Gasteiger partial charge in [0.1, 0.15) is 17.6 Å². The lowest BCUT2D eigenvalue weighted by molar-refractivity contribution is 0.385. The summed E-state index contributed by atoms with van der Waals surface area (Å²) in [7, 11) is 2.82. The van der Waals surface area contributed by atoms with Gasteiger partial charge < -0.3 is 9.73 Å². The van der Waals surface area contributed by atoms with Crippen LogP contribution in [0.1, 0.15) is 38.0 Å². The standard InChI is InChI=1S/C15H19N5O3/c1-15(2,3)10-7-17-11(23-10)8-18-12-9(6-16)13(21)20(5)14(22)19(12)4/h7,18H,8H2,1-5H3. The summed E-state index contributed by atoms with van der Waals surface area (Å²) in [4.78, 5) is 28.1. The van der Waals surface area contributed by atoms with E-state index in [1.54, 1.807) is 6.20 Å². The first-order valence-corrected chi connectivity index (χ1v) is 7.06. The molecule has 0 radical (unpaired) electrons.